The van der Waals surface area contributed by atoms with E-state index in [0.29, 0.717) is 5.57 Å². The topological polar surface area (TPSA) is 105 Å². The minimum Gasteiger partial charge on any atom is -0.456 e. The summed E-state index contributed by atoms with van der Waals surface area (Å²) in [6, 6.07) is -1.64. The van der Waals surface area contributed by atoms with Crippen LogP contribution in [0.4, 0.5) is 0 Å². The number of likely N-dealkylation sites (N-methyl/N-ethyl adjacent to an activating group) is 1. The number of cyclic esters (lactones) is 1. The van der Waals surface area contributed by atoms with E-state index < -0.39 is 36.0 Å². The Bertz CT molecular complexity index is 882. The second kappa shape index (κ2) is 12.7. The molecule has 1 fully saturated rings. The molecule has 0 aliphatic carbocycles. The SMILES string of the molecule is C=C1CC(=O)N[C@@H](C)C(=O)N(C)[C@@H](C(C)C)C(=O)NCC(=O)O[C@@H](/C(C)=C/C=C/C(C)(C)C)[C@@H]1C. The zero-order valence-corrected chi connectivity index (χ0v) is 22.7. The van der Waals surface area contributed by atoms with Crippen LogP contribution in [0.25, 0.3) is 0 Å². The van der Waals surface area contributed by atoms with Gasteiger partial charge in [-0.15, -0.1) is 0 Å². The van der Waals surface area contributed by atoms with Crippen molar-refractivity contribution >= 4 is 23.7 Å². The van der Waals surface area contributed by atoms with Crippen LogP contribution in [0.15, 0.2) is 36.0 Å². The predicted molar refractivity (Wildman–Crippen MR) is 137 cm³/mol. The number of rotatable bonds is 3. The molecule has 0 aromatic rings. The second-order valence-corrected chi connectivity index (χ2v) is 10.8. The van der Waals surface area contributed by atoms with E-state index in [2.05, 4.69) is 38.0 Å². The molecule has 8 nitrogen and oxygen atoms in total. The van der Waals surface area contributed by atoms with Gasteiger partial charge >= 0.3 is 5.97 Å². The third-order valence-electron chi connectivity index (χ3n) is 5.97. The molecule has 0 spiro atoms. The lowest BCUT2D eigenvalue weighted by atomic mass is 9.89. The Morgan fingerprint density at radius 1 is 1.17 bits per heavy atom. The lowest BCUT2D eigenvalue weighted by Crippen LogP contribution is -2.55. The first-order valence-corrected chi connectivity index (χ1v) is 12.1. The number of nitrogens with one attached hydrogen (secondary N) is 2. The summed E-state index contributed by atoms with van der Waals surface area (Å²) >= 11 is 0. The molecule has 8 heteroatoms. The Kier molecular flexibility index (Phi) is 10.9. The van der Waals surface area contributed by atoms with Crippen LogP contribution in [0.2, 0.25) is 0 Å². The van der Waals surface area contributed by atoms with Crippen LogP contribution in [0.5, 0.6) is 0 Å². The standard InChI is InChI=1S/C27H43N3O5/c1-16(2)23-25(33)28-15-22(32)35-24(17(3)12-11-13-27(7,8)9)19(5)18(4)14-21(31)29-20(6)26(34)30(23)10/h11-13,16,19-20,23-24H,4,14-15H2,1-3,5-10H3,(H,28,33)(H,29,31)/b13-11+,17-12+/t19-,20+,23+,24+/m1/s1. The summed E-state index contributed by atoms with van der Waals surface area (Å²) in [5, 5.41) is 5.31. The molecular weight excluding hydrogens is 446 g/mol. The molecule has 196 valence electrons. The van der Waals surface area contributed by atoms with Crippen molar-refractivity contribution in [2.75, 3.05) is 13.6 Å². The number of carbonyl (C=O) groups is 4. The van der Waals surface area contributed by atoms with E-state index in [1.54, 1.807) is 6.92 Å². The van der Waals surface area contributed by atoms with E-state index in [-0.39, 0.29) is 36.1 Å². The van der Waals surface area contributed by atoms with Gasteiger partial charge in [-0.3, -0.25) is 19.2 Å². The summed E-state index contributed by atoms with van der Waals surface area (Å²) in [4.78, 5) is 52.5. The molecule has 3 amide bonds. The van der Waals surface area contributed by atoms with Crippen LogP contribution in [-0.4, -0.2) is 60.4 Å². The second-order valence-electron chi connectivity index (χ2n) is 10.8. The number of carbonyl (C=O) groups excluding carboxylic acids is 4. The van der Waals surface area contributed by atoms with E-state index in [1.165, 1.54) is 11.9 Å². The lowest BCUT2D eigenvalue weighted by Gasteiger charge is -2.32. The Morgan fingerprint density at radius 3 is 2.31 bits per heavy atom. The molecule has 1 heterocycles. The molecule has 2 N–H and O–H groups in total. The maximum absolute atomic E-state index is 12.9. The molecule has 1 aliphatic rings. The van der Waals surface area contributed by atoms with Crippen molar-refractivity contribution in [2.24, 2.45) is 17.3 Å². The van der Waals surface area contributed by atoms with Crippen LogP contribution >= 0.6 is 0 Å². The minimum absolute atomic E-state index is 0.0128. The monoisotopic (exact) mass is 489 g/mol. The highest BCUT2D eigenvalue weighted by Crippen LogP contribution is 2.25. The van der Waals surface area contributed by atoms with E-state index in [1.807, 2.05) is 45.9 Å². The fraction of sp³-hybridized carbons (Fsp3) is 0.630. The van der Waals surface area contributed by atoms with Gasteiger partial charge < -0.3 is 20.3 Å². The number of hydrogen-bond acceptors (Lipinski definition) is 5. The fourth-order valence-electron chi connectivity index (χ4n) is 3.92. The molecule has 4 atom stereocenters. The Morgan fingerprint density at radius 2 is 1.77 bits per heavy atom. The smallest absolute Gasteiger partial charge is 0.326 e. The van der Waals surface area contributed by atoms with Gasteiger partial charge in [0.15, 0.2) is 0 Å². The van der Waals surface area contributed by atoms with Gasteiger partial charge in [-0.1, -0.05) is 71.9 Å². The third kappa shape index (κ3) is 9.34. The quantitative estimate of drug-likeness (QED) is 0.360. The summed E-state index contributed by atoms with van der Waals surface area (Å²) in [6.07, 6.45) is 5.14. The number of amides is 3. The summed E-state index contributed by atoms with van der Waals surface area (Å²) in [5.74, 6) is -2.43. The lowest BCUT2D eigenvalue weighted by molar-refractivity contribution is -0.149. The first-order valence-electron chi connectivity index (χ1n) is 12.1. The summed E-state index contributed by atoms with van der Waals surface area (Å²) < 4.78 is 5.77. The zero-order chi connectivity index (χ0) is 27.1. The predicted octanol–water partition coefficient (Wildman–Crippen LogP) is 3.15. The molecule has 1 saturated heterocycles. The van der Waals surface area contributed by atoms with Crippen LogP contribution in [-0.2, 0) is 23.9 Å². The van der Waals surface area contributed by atoms with Gasteiger partial charge in [0, 0.05) is 19.4 Å². The van der Waals surface area contributed by atoms with E-state index in [9.17, 15) is 19.2 Å². The van der Waals surface area contributed by atoms with Crippen LogP contribution in [0, 0.1) is 17.3 Å². The molecule has 1 rings (SSSR count). The largest absolute Gasteiger partial charge is 0.456 e. The third-order valence-corrected chi connectivity index (χ3v) is 5.97. The Balaban J connectivity index is 3.34. The fourth-order valence-corrected chi connectivity index (χ4v) is 3.92. The Hall–Kier alpha value is -2.90. The number of hydrogen-bond donors (Lipinski definition) is 2. The Labute approximate surface area is 210 Å². The minimum atomic E-state index is -0.826. The molecular formula is C27H43N3O5. The van der Waals surface area contributed by atoms with Gasteiger partial charge in [-0.05, 0) is 30.8 Å². The summed E-state index contributed by atoms with van der Waals surface area (Å²) in [5.41, 5.74) is 1.34. The van der Waals surface area contributed by atoms with Gasteiger partial charge in [-0.2, -0.15) is 0 Å². The van der Waals surface area contributed by atoms with E-state index >= 15 is 0 Å². The average Bonchev–Trinajstić information content (AvgIpc) is 2.72. The molecule has 0 aromatic carbocycles. The van der Waals surface area contributed by atoms with Gasteiger partial charge in [0.1, 0.15) is 24.7 Å². The number of nitrogens with zero attached hydrogens (tertiary/aromatic N) is 1. The molecule has 35 heavy (non-hydrogen) atoms. The van der Waals surface area contributed by atoms with Crippen LogP contribution in [0.1, 0.15) is 61.8 Å². The van der Waals surface area contributed by atoms with Crippen molar-refractivity contribution < 1.29 is 23.9 Å². The molecule has 0 bridgehead atoms. The number of esters is 1. The highest BCUT2D eigenvalue weighted by molar-refractivity contribution is 5.93. The van der Waals surface area contributed by atoms with Gasteiger partial charge in [0.2, 0.25) is 17.7 Å². The molecule has 0 aromatic heterocycles. The normalized spacial score (nSPS) is 26.9. The number of allylic oxidation sites excluding steroid dienone is 3. The van der Waals surface area contributed by atoms with Crippen molar-refractivity contribution in [1.29, 1.82) is 0 Å². The molecule has 1 aliphatic heterocycles. The molecule has 0 saturated carbocycles. The number of ether oxygens (including phenoxy) is 1. The molecule has 0 radical (unpaired) electrons. The van der Waals surface area contributed by atoms with Crippen LogP contribution < -0.4 is 10.6 Å². The van der Waals surface area contributed by atoms with Crippen molar-refractivity contribution in [3.05, 3.63) is 36.0 Å². The van der Waals surface area contributed by atoms with E-state index in [0.717, 1.165) is 5.57 Å². The van der Waals surface area contributed by atoms with Gasteiger partial charge in [0.05, 0.1) is 0 Å². The summed E-state index contributed by atoms with van der Waals surface area (Å²) in [6.45, 7) is 18.9. The van der Waals surface area contributed by atoms with Crippen molar-refractivity contribution in [3.63, 3.8) is 0 Å². The molecule has 0 unspecified atom stereocenters. The average molecular weight is 490 g/mol. The van der Waals surface area contributed by atoms with E-state index in [4.69, 9.17) is 4.74 Å². The summed E-state index contributed by atoms with van der Waals surface area (Å²) in [7, 11) is 1.52. The van der Waals surface area contributed by atoms with Gasteiger partial charge in [0.25, 0.3) is 0 Å². The van der Waals surface area contributed by atoms with Crippen molar-refractivity contribution in [1.82, 2.24) is 15.5 Å². The highest BCUT2D eigenvalue weighted by Gasteiger charge is 2.34. The maximum atomic E-state index is 12.9. The van der Waals surface area contributed by atoms with Gasteiger partial charge in [-0.25, -0.2) is 0 Å². The first kappa shape index (κ1) is 30.1. The van der Waals surface area contributed by atoms with Crippen LogP contribution in [0.3, 0.4) is 0 Å². The highest BCUT2D eigenvalue weighted by atomic mass is 16.5. The zero-order valence-electron chi connectivity index (χ0n) is 22.7. The first-order chi connectivity index (χ1) is 16.0. The van der Waals surface area contributed by atoms with Crippen molar-refractivity contribution in [3.8, 4) is 0 Å². The maximum Gasteiger partial charge on any atom is 0.326 e. The van der Waals surface area contributed by atoms with Crippen molar-refractivity contribution in [2.45, 2.75) is 80.0 Å².